The molecule has 32 heavy (non-hydrogen) atoms. The van der Waals surface area contributed by atoms with Crippen LogP contribution in [0.3, 0.4) is 0 Å². The number of hydrogen-bond acceptors (Lipinski definition) is 3. The third-order valence-corrected chi connectivity index (χ3v) is 6.31. The summed E-state index contributed by atoms with van der Waals surface area (Å²) >= 11 is 6.02. The standard InChI is InChI=1S/C26H30ClN3O2/c27-22-13-10-20(11-14-22)12-15-23(18-30-17-16-28-19-30)32-25-9-5-4-8-24(25)29-26(31)21-6-2-1-3-7-21/h4-5,8-11,13-14,16-17,19,21,23H,1-3,6-7,12,15,18H2,(H,29,31). The molecule has 1 aliphatic rings. The number of imidazole rings is 1. The van der Waals surface area contributed by atoms with E-state index in [4.69, 9.17) is 16.3 Å². The first-order chi connectivity index (χ1) is 15.7. The van der Waals surface area contributed by atoms with Gasteiger partial charge in [-0.15, -0.1) is 0 Å². The number of ether oxygens (including phenoxy) is 1. The van der Waals surface area contributed by atoms with E-state index in [9.17, 15) is 4.79 Å². The number of aromatic nitrogens is 2. The van der Waals surface area contributed by atoms with E-state index in [0.717, 1.165) is 49.2 Å². The second-order valence-electron chi connectivity index (χ2n) is 8.48. The summed E-state index contributed by atoms with van der Waals surface area (Å²) < 4.78 is 8.49. The molecule has 1 atom stereocenters. The average molecular weight is 452 g/mol. The van der Waals surface area contributed by atoms with Crippen LogP contribution in [0.4, 0.5) is 5.69 Å². The number of anilines is 1. The van der Waals surface area contributed by atoms with Crippen LogP contribution in [0.5, 0.6) is 5.75 Å². The van der Waals surface area contributed by atoms with Crippen LogP contribution in [0.1, 0.15) is 44.1 Å². The Hall–Kier alpha value is -2.79. The lowest BCUT2D eigenvalue weighted by atomic mass is 9.88. The Balaban J connectivity index is 1.45. The van der Waals surface area contributed by atoms with Gasteiger partial charge in [-0.05, 0) is 55.5 Å². The minimum Gasteiger partial charge on any atom is -0.486 e. The predicted octanol–water partition coefficient (Wildman–Crippen LogP) is 6.14. The molecule has 1 amide bonds. The Bertz CT molecular complexity index is 983. The molecule has 4 rings (SSSR count). The van der Waals surface area contributed by atoms with Crippen molar-refractivity contribution in [1.29, 1.82) is 0 Å². The van der Waals surface area contributed by atoms with Crippen molar-refractivity contribution in [3.8, 4) is 5.75 Å². The number of aryl methyl sites for hydroxylation is 1. The van der Waals surface area contributed by atoms with E-state index in [1.165, 1.54) is 12.0 Å². The number of nitrogens with one attached hydrogen (secondary N) is 1. The topological polar surface area (TPSA) is 56.1 Å². The van der Waals surface area contributed by atoms with Crippen molar-refractivity contribution in [2.45, 2.75) is 57.6 Å². The Morgan fingerprint density at radius 2 is 1.91 bits per heavy atom. The van der Waals surface area contributed by atoms with E-state index in [2.05, 4.69) is 22.4 Å². The Morgan fingerprint density at radius 1 is 1.12 bits per heavy atom. The van der Waals surface area contributed by atoms with E-state index in [0.29, 0.717) is 12.3 Å². The number of para-hydroxylation sites is 2. The first-order valence-electron chi connectivity index (χ1n) is 11.4. The monoisotopic (exact) mass is 451 g/mol. The van der Waals surface area contributed by atoms with Gasteiger partial charge in [0.25, 0.3) is 0 Å². The van der Waals surface area contributed by atoms with E-state index >= 15 is 0 Å². The molecule has 2 aromatic carbocycles. The number of carbonyl (C=O) groups excluding carboxylic acids is 1. The molecule has 3 aromatic rings. The summed E-state index contributed by atoms with van der Waals surface area (Å²) in [6.45, 7) is 0.679. The fourth-order valence-corrected chi connectivity index (χ4v) is 4.37. The Kier molecular flexibility index (Phi) is 7.83. The van der Waals surface area contributed by atoms with Crippen molar-refractivity contribution < 1.29 is 9.53 Å². The minimum atomic E-state index is -0.0763. The summed E-state index contributed by atoms with van der Waals surface area (Å²) in [7, 11) is 0. The molecule has 0 aliphatic heterocycles. The number of halogens is 1. The maximum Gasteiger partial charge on any atom is 0.227 e. The fraction of sp³-hybridized carbons (Fsp3) is 0.385. The lowest BCUT2D eigenvalue weighted by Crippen LogP contribution is -2.26. The van der Waals surface area contributed by atoms with Gasteiger partial charge in [0.15, 0.2) is 0 Å². The van der Waals surface area contributed by atoms with Crippen molar-refractivity contribution in [3.63, 3.8) is 0 Å². The first-order valence-corrected chi connectivity index (χ1v) is 11.8. The summed E-state index contributed by atoms with van der Waals surface area (Å²) in [5.41, 5.74) is 1.96. The van der Waals surface area contributed by atoms with Gasteiger partial charge in [0.2, 0.25) is 5.91 Å². The number of carbonyl (C=O) groups is 1. The summed E-state index contributed by atoms with van der Waals surface area (Å²) in [6.07, 6.45) is 12.6. The van der Waals surface area contributed by atoms with Crippen LogP contribution in [0.2, 0.25) is 5.02 Å². The number of nitrogens with zero attached hydrogens (tertiary/aromatic N) is 2. The highest BCUT2D eigenvalue weighted by atomic mass is 35.5. The Labute approximate surface area is 194 Å². The molecule has 6 heteroatoms. The molecule has 0 radical (unpaired) electrons. The highest BCUT2D eigenvalue weighted by molar-refractivity contribution is 6.30. The molecule has 1 aromatic heterocycles. The second kappa shape index (κ2) is 11.2. The maximum absolute atomic E-state index is 12.8. The van der Waals surface area contributed by atoms with Gasteiger partial charge in [0.05, 0.1) is 18.6 Å². The summed E-state index contributed by atoms with van der Waals surface area (Å²) in [5.74, 6) is 0.911. The largest absolute Gasteiger partial charge is 0.486 e. The van der Waals surface area contributed by atoms with Crippen LogP contribution >= 0.6 is 11.6 Å². The maximum atomic E-state index is 12.8. The van der Waals surface area contributed by atoms with Crippen LogP contribution in [-0.2, 0) is 17.8 Å². The molecule has 0 bridgehead atoms. The Morgan fingerprint density at radius 3 is 2.66 bits per heavy atom. The smallest absolute Gasteiger partial charge is 0.227 e. The normalized spacial score (nSPS) is 15.3. The molecular formula is C26H30ClN3O2. The fourth-order valence-electron chi connectivity index (χ4n) is 4.25. The molecule has 1 saturated carbocycles. The number of amides is 1. The van der Waals surface area contributed by atoms with Crippen LogP contribution in [0.25, 0.3) is 0 Å². The van der Waals surface area contributed by atoms with E-state index < -0.39 is 0 Å². The molecule has 5 nitrogen and oxygen atoms in total. The first kappa shape index (κ1) is 22.4. The lowest BCUT2D eigenvalue weighted by molar-refractivity contribution is -0.120. The van der Waals surface area contributed by atoms with Gasteiger partial charge in [0.1, 0.15) is 11.9 Å². The molecule has 1 N–H and O–H groups in total. The molecule has 1 aliphatic carbocycles. The van der Waals surface area contributed by atoms with Crippen molar-refractivity contribution in [1.82, 2.24) is 9.55 Å². The van der Waals surface area contributed by atoms with Gasteiger partial charge in [-0.3, -0.25) is 4.79 Å². The van der Waals surface area contributed by atoms with Crippen molar-refractivity contribution >= 4 is 23.2 Å². The number of benzene rings is 2. The average Bonchev–Trinajstić information content (AvgIpc) is 3.33. The summed E-state index contributed by atoms with van der Waals surface area (Å²) in [6, 6.07) is 15.7. The van der Waals surface area contributed by atoms with E-state index in [1.54, 1.807) is 12.5 Å². The molecular weight excluding hydrogens is 422 g/mol. The zero-order valence-corrected chi connectivity index (χ0v) is 19.0. The third-order valence-electron chi connectivity index (χ3n) is 6.06. The van der Waals surface area contributed by atoms with Crippen molar-refractivity contribution in [2.24, 2.45) is 5.92 Å². The zero-order valence-electron chi connectivity index (χ0n) is 18.3. The lowest BCUT2D eigenvalue weighted by Gasteiger charge is -2.24. The van der Waals surface area contributed by atoms with Crippen LogP contribution in [0, 0.1) is 5.92 Å². The molecule has 1 fully saturated rings. The van der Waals surface area contributed by atoms with Crippen molar-refractivity contribution in [2.75, 3.05) is 5.32 Å². The summed E-state index contributed by atoms with van der Waals surface area (Å²) in [5, 5.41) is 3.87. The van der Waals surface area contributed by atoms with Gasteiger partial charge < -0.3 is 14.6 Å². The van der Waals surface area contributed by atoms with Gasteiger partial charge in [-0.1, -0.05) is 55.1 Å². The zero-order chi connectivity index (χ0) is 22.2. The molecule has 0 spiro atoms. The van der Waals surface area contributed by atoms with Gasteiger partial charge in [-0.2, -0.15) is 0 Å². The highest BCUT2D eigenvalue weighted by Gasteiger charge is 2.22. The van der Waals surface area contributed by atoms with Gasteiger partial charge in [0, 0.05) is 23.3 Å². The van der Waals surface area contributed by atoms with Crippen LogP contribution in [0.15, 0.2) is 67.3 Å². The van der Waals surface area contributed by atoms with E-state index in [1.807, 2.05) is 47.2 Å². The van der Waals surface area contributed by atoms with Crippen LogP contribution < -0.4 is 10.1 Å². The van der Waals surface area contributed by atoms with Crippen molar-refractivity contribution in [3.05, 3.63) is 77.8 Å². The molecule has 1 heterocycles. The number of hydrogen-bond donors (Lipinski definition) is 1. The van der Waals surface area contributed by atoms with Gasteiger partial charge >= 0.3 is 0 Å². The molecule has 168 valence electrons. The van der Waals surface area contributed by atoms with Gasteiger partial charge in [-0.25, -0.2) is 4.98 Å². The third kappa shape index (κ3) is 6.36. The number of rotatable bonds is 9. The molecule has 1 unspecified atom stereocenters. The van der Waals surface area contributed by atoms with E-state index in [-0.39, 0.29) is 17.9 Å². The highest BCUT2D eigenvalue weighted by Crippen LogP contribution is 2.29. The minimum absolute atomic E-state index is 0.0763. The second-order valence-corrected chi connectivity index (χ2v) is 8.92. The summed E-state index contributed by atoms with van der Waals surface area (Å²) in [4.78, 5) is 17.0. The quantitative estimate of drug-likeness (QED) is 0.425. The predicted molar refractivity (Wildman–Crippen MR) is 128 cm³/mol. The van der Waals surface area contributed by atoms with Crippen LogP contribution in [-0.4, -0.2) is 21.6 Å². The molecule has 0 saturated heterocycles. The SMILES string of the molecule is O=C(Nc1ccccc1OC(CCc1ccc(Cl)cc1)Cn1ccnc1)C1CCCCC1.